The average molecular weight is 328 g/mol. The van der Waals surface area contributed by atoms with Crippen molar-refractivity contribution in [2.45, 2.75) is 31.8 Å². The molecule has 1 aliphatic rings. The monoisotopic (exact) mass is 328 g/mol. The zero-order valence-corrected chi connectivity index (χ0v) is 14.5. The molecule has 1 unspecified atom stereocenters. The van der Waals surface area contributed by atoms with Gasteiger partial charge in [0.05, 0.1) is 23.8 Å². The van der Waals surface area contributed by atoms with E-state index in [4.69, 9.17) is 9.72 Å². The lowest BCUT2D eigenvalue weighted by Crippen LogP contribution is -2.36. The van der Waals surface area contributed by atoms with Gasteiger partial charge in [0.2, 0.25) is 0 Å². The molecule has 0 bridgehead atoms. The number of aromatic nitrogens is 1. The summed E-state index contributed by atoms with van der Waals surface area (Å²) in [6.45, 7) is 2.46. The van der Waals surface area contributed by atoms with E-state index < -0.39 is 6.10 Å². The van der Waals surface area contributed by atoms with Crippen LogP contribution in [0.5, 0.6) is 0 Å². The number of fused-ring (bicyclic) bond motifs is 1. The Kier molecular flexibility index (Phi) is 4.83. The molecule has 5 heteroatoms. The molecule has 128 valence electrons. The van der Waals surface area contributed by atoms with E-state index in [1.165, 1.54) is 7.11 Å². The number of amides is 1. The lowest BCUT2D eigenvalue weighted by molar-refractivity contribution is 0.0381. The lowest BCUT2D eigenvalue weighted by Gasteiger charge is -2.21. The largest absolute Gasteiger partial charge is 0.389 e. The van der Waals surface area contributed by atoms with E-state index in [0.717, 1.165) is 35.0 Å². The van der Waals surface area contributed by atoms with Crippen molar-refractivity contribution >= 4 is 16.8 Å². The van der Waals surface area contributed by atoms with Gasteiger partial charge in [-0.05, 0) is 38.0 Å². The predicted octanol–water partition coefficient (Wildman–Crippen LogP) is 2.50. The molecule has 1 heterocycles. The van der Waals surface area contributed by atoms with E-state index in [0.29, 0.717) is 11.5 Å². The Balaban J connectivity index is 1.96. The molecule has 1 atom stereocenters. The summed E-state index contributed by atoms with van der Waals surface area (Å²) in [4.78, 5) is 19.2. The molecule has 3 rings (SSSR count). The third kappa shape index (κ3) is 3.57. The van der Waals surface area contributed by atoms with Gasteiger partial charge < -0.3 is 14.7 Å². The number of benzene rings is 1. The number of rotatable bonds is 6. The van der Waals surface area contributed by atoms with Crippen LogP contribution < -0.4 is 0 Å². The van der Waals surface area contributed by atoms with Crippen LogP contribution in [0.3, 0.4) is 0 Å². The SMILES string of the molecule is COCC(O)CN(C)C(=O)c1cc(C2CC2)nc2ccc(C)cc12. The molecular weight excluding hydrogens is 304 g/mol. The topological polar surface area (TPSA) is 62.7 Å². The van der Waals surface area contributed by atoms with Gasteiger partial charge >= 0.3 is 0 Å². The summed E-state index contributed by atoms with van der Waals surface area (Å²) in [6, 6.07) is 7.94. The third-order valence-electron chi connectivity index (χ3n) is 4.40. The van der Waals surface area contributed by atoms with Gasteiger partial charge in [-0.3, -0.25) is 9.78 Å². The maximum atomic E-state index is 13.0. The lowest BCUT2D eigenvalue weighted by atomic mass is 10.0. The molecule has 1 aromatic heterocycles. The molecule has 1 N–H and O–H groups in total. The standard InChI is InChI=1S/C19H24N2O3/c1-12-4-7-17-15(8-12)16(9-18(20-17)13-5-6-13)19(23)21(2)10-14(22)11-24-3/h4,7-9,13-14,22H,5-6,10-11H2,1-3H3. The number of likely N-dealkylation sites (N-methyl/N-ethyl adjacent to an activating group) is 1. The number of hydrogen-bond donors (Lipinski definition) is 1. The van der Waals surface area contributed by atoms with E-state index in [1.807, 2.05) is 31.2 Å². The number of carbonyl (C=O) groups excluding carboxylic acids is 1. The zero-order valence-electron chi connectivity index (χ0n) is 14.5. The van der Waals surface area contributed by atoms with Crippen LogP contribution in [0.4, 0.5) is 0 Å². The number of methoxy groups -OCH3 is 1. The van der Waals surface area contributed by atoms with Crippen molar-refractivity contribution in [1.82, 2.24) is 9.88 Å². The van der Waals surface area contributed by atoms with Crippen LogP contribution >= 0.6 is 0 Å². The minimum absolute atomic E-state index is 0.0925. The minimum atomic E-state index is -0.693. The summed E-state index contributed by atoms with van der Waals surface area (Å²) in [6.07, 6.45) is 1.59. The van der Waals surface area contributed by atoms with Crippen molar-refractivity contribution in [3.8, 4) is 0 Å². The summed E-state index contributed by atoms with van der Waals surface area (Å²) >= 11 is 0. The van der Waals surface area contributed by atoms with Crippen LogP contribution in [0, 0.1) is 6.92 Å². The molecule has 1 fully saturated rings. The number of aliphatic hydroxyl groups excluding tert-OH is 1. The Morgan fingerprint density at radius 3 is 2.83 bits per heavy atom. The number of hydrogen-bond acceptors (Lipinski definition) is 4. The van der Waals surface area contributed by atoms with Crippen LogP contribution in [0.25, 0.3) is 10.9 Å². The molecule has 1 saturated carbocycles. The van der Waals surface area contributed by atoms with E-state index in [1.54, 1.807) is 11.9 Å². The minimum Gasteiger partial charge on any atom is -0.389 e. The van der Waals surface area contributed by atoms with Gasteiger partial charge in [-0.2, -0.15) is 0 Å². The van der Waals surface area contributed by atoms with Gasteiger partial charge in [-0.15, -0.1) is 0 Å². The van der Waals surface area contributed by atoms with Crippen LogP contribution in [-0.2, 0) is 4.74 Å². The summed E-state index contributed by atoms with van der Waals surface area (Å²) in [5, 5.41) is 10.8. The molecular formula is C19H24N2O3. The molecule has 5 nitrogen and oxygen atoms in total. The van der Waals surface area contributed by atoms with Gasteiger partial charge in [0.15, 0.2) is 0 Å². The highest BCUT2D eigenvalue weighted by Crippen LogP contribution is 2.40. The molecule has 1 aromatic carbocycles. The molecule has 1 amide bonds. The highest BCUT2D eigenvalue weighted by atomic mass is 16.5. The van der Waals surface area contributed by atoms with Crippen molar-refractivity contribution in [2.24, 2.45) is 0 Å². The first-order valence-electron chi connectivity index (χ1n) is 8.33. The number of aliphatic hydroxyl groups is 1. The second-order valence-electron chi connectivity index (χ2n) is 6.68. The Morgan fingerprint density at radius 1 is 1.42 bits per heavy atom. The van der Waals surface area contributed by atoms with Crippen molar-refractivity contribution in [1.29, 1.82) is 0 Å². The van der Waals surface area contributed by atoms with Crippen molar-refractivity contribution in [2.75, 3.05) is 27.3 Å². The van der Waals surface area contributed by atoms with Crippen LogP contribution in [0.2, 0.25) is 0 Å². The maximum absolute atomic E-state index is 13.0. The van der Waals surface area contributed by atoms with Crippen molar-refractivity contribution in [3.05, 3.63) is 41.1 Å². The fourth-order valence-corrected chi connectivity index (χ4v) is 2.98. The van der Waals surface area contributed by atoms with Gasteiger partial charge in [0.1, 0.15) is 0 Å². The van der Waals surface area contributed by atoms with Crippen molar-refractivity contribution in [3.63, 3.8) is 0 Å². The van der Waals surface area contributed by atoms with Crippen LogP contribution in [0.1, 0.15) is 40.4 Å². The van der Waals surface area contributed by atoms with Crippen LogP contribution in [-0.4, -0.2) is 54.3 Å². The number of nitrogens with zero attached hydrogens (tertiary/aromatic N) is 2. The Morgan fingerprint density at radius 2 is 2.17 bits per heavy atom. The Bertz CT molecular complexity index is 756. The molecule has 0 aliphatic heterocycles. The van der Waals surface area contributed by atoms with E-state index in [2.05, 4.69) is 0 Å². The second-order valence-corrected chi connectivity index (χ2v) is 6.68. The first kappa shape index (κ1) is 16.9. The quantitative estimate of drug-likeness (QED) is 0.885. The third-order valence-corrected chi connectivity index (χ3v) is 4.40. The highest BCUT2D eigenvalue weighted by molar-refractivity contribution is 6.06. The van der Waals surface area contributed by atoms with Crippen molar-refractivity contribution < 1.29 is 14.6 Å². The van der Waals surface area contributed by atoms with E-state index in [9.17, 15) is 9.90 Å². The van der Waals surface area contributed by atoms with Gasteiger partial charge in [0.25, 0.3) is 5.91 Å². The fourth-order valence-electron chi connectivity index (χ4n) is 2.98. The molecule has 1 aliphatic carbocycles. The zero-order chi connectivity index (χ0) is 17.3. The molecule has 2 aromatic rings. The van der Waals surface area contributed by atoms with Gasteiger partial charge in [0, 0.05) is 37.7 Å². The number of ether oxygens (including phenoxy) is 1. The fraction of sp³-hybridized carbons (Fsp3) is 0.474. The normalized spacial score (nSPS) is 15.5. The smallest absolute Gasteiger partial charge is 0.254 e. The molecule has 24 heavy (non-hydrogen) atoms. The molecule has 0 spiro atoms. The maximum Gasteiger partial charge on any atom is 0.254 e. The van der Waals surface area contributed by atoms with Crippen LogP contribution in [0.15, 0.2) is 24.3 Å². The first-order valence-corrected chi connectivity index (χ1v) is 8.33. The molecule has 0 saturated heterocycles. The summed E-state index contributed by atoms with van der Waals surface area (Å²) in [5.74, 6) is 0.386. The molecule has 0 radical (unpaired) electrons. The Labute approximate surface area is 142 Å². The van der Waals surface area contributed by atoms with E-state index in [-0.39, 0.29) is 19.1 Å². The second kappa shape index (κ2) is 6.87. The number of aryl methyl sites for hydroxylation is 1. The van der Waals surface area contributed by atoms with Gasteiger partial charge in [-0.25, -0.2) is 0 Å². The first-order chi connectivity index (χ1) is 11.5. The summed E-state index contributed by atoms with van der Waals surface area (Å²) < 4.78 is 4.94. The summed E-state index contributed by atoms with van der Waals surface area (Å²) in [7, 11) is 3.24. The number of carbonyl (C=O) groups is 1. The number of pyridine rings is 1. The average Bonchev–Trinajstić information content (AvgIpc) is 3.38. The van der Waals surface area contributed by atoms with E-state index >= 15 is 0 Å². The Hall–Kier alpha value is -1.98. The van der Waals surface area contributed by atoms with Gasteiger partial charge in [-0.1, -0.05) is 11.6 Å². The predicted molar refractivity (Wildman–Crippen MR) is 93.3 cm³/mol. The highest BCUT2D eigenvalue weighted by Gasteiger charge is 2.27. The summed E-state index contributed by atoms with van der Waals surface area (Å²) in [5.41, 5.74) is 3.62.